The van der Waals surface area contributed by atoms with E-state index in [9.17, 15) is 9.90 Å². The number of carbonyl (C=O) groups is 1. The number of hydrogen-bond donors (Lipinski definition) is 3. The van der Waals surface area contributed by atoms with Gasteiger partial charge < -0.3 is 20.3 Å². The molecule has 1 fully saturated rings. The highest BCUT2D eigenvalue weighted by Crippen LogP contribution is 2.19. The summed E-state index contributed by atoms with van der Waals surface area (Å²) < 4.78 is 5.25. The van der Waals surface area contributed by atoms with Gasteiger partial charge in [-0.15, -0.1) is 0 Å². The zero-order valence-corrected chi connectivity index (χ0v) is 11.4. The summed E-state index contributed by atoms with van der Waals surface area (Å²) in [5.74, 6) is -0.495. The number of hydrogen-bond acceptors (Lipinski definition) is 6. The molecular weight excluding hydrogens is 262 g/mol. The van der Waals surface area contributed by atoms with Crippen LogP contribution in [0.15, 0.2) is 6.20 Å². The number of aliphatic hydroxyl groups is 1. The molecule has 7 nitrogen and oxygen atoms in total. The summed E-state index contributed by atoms with van der Waals surface area (Å²) in [6.07, 6.45) is 2.48. The lowest BCUT2D eigenvalue weighted by Crippen LogP contribution is -2.33. The molecule has 1 aromatic heterocycles. The molecule has 1 aliphatic heterocycles. The van der Waals surface area contributed by atoms with E-state index in [-0.39, 0.29) is 11.5 Å². The number of rotatable bonds is 5. The molecule has 0 bridgehead atoms. The van der Waals surface area contributed by atoms with Crippen LogP contribution in [-0.4, -0.2) is 52.0 Å². The molecule has 2 heterocycles. The van der Waals surface area contributed by atoms with Gasteiger partial charge in [0.05, 0.1) is 17.4 Å². The van der Waals surface area contributed by atoms with E-state index in [1.165, 1.54) is 6.20 Å². The highest BCUT2D eigenvalue weighted by molar-refractivity contribution is 5.88. The Bertz CT molecular complexity index is 475. The molecule has 7 heteroatoms. The van der Waals surface area contributed by atoms with Crippen LogP contribution in [0.5, 0.6) is 0 Å². The van der Waals surface area contributed by atoms with Crippen molar-refractivity contribution in [3.8, 4) is 0 Å². The molecule has 1 atom stereocenters. The molecule has 1 aliphatic rings. The van der Waals surface area contributed by atoms with Crippen molar-refractivity contribution >= 4 is 11.9 Å². The summed E-state index contributed by atoms with van der Waals surface area (Å²) in [6.45, 7) is 3.33. The molecule has 0 aromatic carbocycles. The molecule has 0 spiro atoms. The predicted octanol–water partition coefficient (Wildman–Crippen LogP) is 0.683. The standard InChI is InChI=1S/C13H19N3O4/c1-8-10(12(18)19)6-14-13(16-8)15-7-11(17)9-2-4-20-5-3-9/h6,9,11,17H,2-5,7H2,1H3,(H,18,19)(H,14,15,16). The normalized spacial score (nSPS) is 17.7. The Morgan fingerprint density at radius 3 is 2.85 bits per heavy atom. The van der Waals surface area contributed by atoms with Gasteiger partial charge in [0.2, 0.25) is 5.95 Å². The van der Waals surface area contributed by atoms with Crippen molar-refractivity contribution < 1.29 is 19.7 Å². The Kier molecular flexibility index (Phi) is 4.86. The summed E-state index contributed by atoms with van der Waals surface area (Å²) in [7, 11) is 0. The minimum Gasteiger partial charge on any atom is -0.478 e. The Balaban J connectivity index is 1.90. The van der Waals surface area contributed by atoms with E-state index in [4.69, 9.17) is 9.84 Å². The molecule has 2 rings (SSSR count). The van der Waals surface area contributed by atoms with Crippen molar-refractivity contribution in [1.82, 2.24) is 9.97 Å². The first kappa shape index (κ1) is 14.7. The zero-order chi connectivity index (χ0) is 14.5. The number of nitrogens with zero attached hydrogens (tertiary/aromatic N) is 2. The van der Waals surface area contributed by atoms with Crippen LogP contribution < -0.4 is 5.32 Å². The fraction of sp³-hybridized carbons (Fsp3) is 0.615. The van der Waals surface area contributed by atoms with Gasteiger partial charge in [-0.05, 0) is 25.7 Å². The lowest BCUT2D eigenvalue weighted by Gasteiger charge is -2.26. The molecule has 0 amide bonds. The number of aliphatic hydroxyl groups excluding tert-OH is 1. The highest BCUT2D eigenvalue weighted by atomic mass is 16.5. The molecule has 110 valence electrons. The number of aryl methyl sites for hydroxylation is 1. The van der Waals surface area contributed by atoms with Crippen LogP contribution in [0.3, 0.4) is 0 Å². The monoisotopic (exact) mass is 281 g/mol. The van der Waals surface area contributed by atoms with Gasteiger partial charge in [-0.2, -0.15) is 0 Å². The Hall–Kier alpha value is -1.73. The lowest BCUT2D eigenvalue weighted by atomic mass is 9.94. The number of ether oxygens (including phenoxy) is 1. The Morgan fingerprint density at radius 2 is 2.25 bits per heavy atom. The van der Waals surface area contributed by atoms with Crippen LogP contribution >= 0.6 is 0 Å². The quantitative estimate of drug-likeness (QED) is 0.729. The van der Waals surface area contributed by atoms with E-state index in [1.54, 1.807) is 6.92 Å². The van der Waals surface area contributed by atoms with Gasteiger partial charge in [-0.3, -0.25) is 0 Å². The molecule has 1 unspecified atom stereocenters. The van der Waals surface area contributed by atoms with Gasteiger partial charge in [0, 0.05) is 26.0 Å². The predicted molar refractivity (Wildman–Crippen MR) is 71.8 cm³/mol. The van der Waals surface area contributed by atoms with Crippen LogP contribution in [0.4, 0.5) is 5.95 Å². The first-order valence-electron chi connectivity index (χ1n) is 6.64. The molecule has 20 heavy (non-hydrogen) atoms. The summed E-state index contributed by atoms with van der Waals surface area (Å²) >= 11 is 0. The van der Waals surface area contributed by atoms with Crippen molar-refractivity contribution in [3.05, 3.63) is 17.5 Å². The van der Waals surface area contributed by atoms with Gasteiger partial charge in [0.1, 0.15) is 0 Å². The van der Waals surface area contributed by atoms with Crippen molar-refractivity contribution in [3.63, 3.8) is 0 Å². The van der Waals surface area contributed by atoms with Gasteiger partial charge >= 0.3 is 5.97 Å². The second kappa shape index (κ2) is 6.62. The molecular formula is C13H19N3O4. The Labute approximate surface area is 117 Å². The molecule has 3 N–H and O–H groups in total. The first-order valence-corrected chi connectivity index (χ1v) is 6.64. The maximum Gasteiger partial charge on any atom is 0.339 e. The third-order valence-corrected chi connectivity index (χ3v) is 3.49. The van der Waals surface area contributed by atoms with Gasteiger partial charge in [-0.25, -0.2) is 14.8 Å². The Morgan fingerprint density at radius 1 is 1.55 bits per heavy atom. The summed E-state index contributed by atoms with van der Waals surface area (Å²) in [5, 5.41) is 21.9. The van der Waals surface area contributed by atoms with E-state index in [2.05, 4.69) is 15.3 Å². The van der Waals surface area contributed by atoms with Crippen LogP contribution in [0.1, 0.15) is 28.9 Å². The van der Waals surface area contributed by atoms with Crippen LogP contribution in [0.25, 0.3) is 0 Å². The van der Waals surface area contributed by atoms with Gasteiger partial charge in [0.15, 0.2) is 0 Å². The number of aromatic carboxylic acids is 1. The average Bonchev–Trinajstić information content (AvgIpc) is 2.45. The number of carboxylic acids is 1. The average molecular weight is 281 g/mol. The minimum atomic E-state index is -1.05. The lowest BCUT2D eigenvalue weighted by molar-refractivity contribution is 0.0131. The summed E-state index contributed by atoms with van der Waals surface area (Å²) in [6, 6.07) is 0. The third kappa shape index (κ3) is 3.64. The van der Waals surface area contributed by atoms with Crippen LogP contribution in [0.2, 0.25) is 0 Å². The smallest absolute Gasteiger partial charge is 0.339 e. The second-order valence-electron chi connectivity index (χ2n) is 4.90. The van der Waals surface area contributed by atoms with E-state index in [0.717, 1.165) is 12.8 Å². The molecule has 1 saturated heterocycles. The second-order valence-corrected chi connectivity index (χ2v) is 4.90. The molecule has 1 aromatic rings. The first-order chi connectivity index (χ1) is 9.58. The van der Waals surface area contributed by atoms with Gasteiger partial charge in [-0.1, -0.05) is 0 Å². The molecule has 0 saturated carbocycles. The highest BCUT2D eigenvalue weighted by Gasteiger charge is 2.22. The van der Waals surface area contributed by atoms with E-state index in [1.807, 2.05) is 0 Å². The summed E-state index contributed by atoms with van der Waals surface area (Å²) in [5.41, 5.74) is 0.482. The number of carboxylic acid groups (broad SMARTS) is 1. The van der Waals surface area contributed by atoms with Crippen molar-refractivity contribution in [1.29, 1.82) is 0 Å². The van der Waals surface area contributed by atoms with Gasteiger partial charge in [0.25, 0.3) is 0 Å². The zero-order valence-electron chi connectivity index (χ0n) is 11.4. The van der Waals surface area contributed by atoms with Crippen LogP contribution in [0, 0.1) is 12.8 Å². The fourth-order valence-corrected chi connectivity index (χ4v) is 2.23. The van der Waals surface area contributed by atoms with Crippen molar-refractivity contribution in [2.24, 2.45) is 5.92 Å². The van der Waals surface area contributed by atoms with Crippen molar-refractivity contribution in [2.75, 3.05) is 25.1 Å². The van der Waals surface area contributed by atoms with Crippen LogP contribution in [-0.2, 0) is 4.74 Å². The maximum atomic E-state index is 10.9. The summed E-state index contributed by atoms with van der Waals surface area (Å²) in [4.78, 5) is 18.9. The topological polar surface area (TPSA) is 105 Å². The van der Waals surface area contributed by atoms with E-state index < -0.39 is 12.1 Å². The number of anilines is 1. The SMILES string of the molecule is Cc1nc(NCC(O)C2CCOCC2)ncc1C(=O)O. The molecule has 0 aliphatic carbocycles. The number of nitrogens with one attached hydrogen (secondary N) is 1. The maximum absolute atomic E-state index is 10.9. The van der Waals surface area contributed by atoms with Crippen molar-refractivity contribution in [2.45, 2.75) is 25.9 Å². The van der Waals surface area contributed by atoms with E-state index >= 15 is 0 Å². The number of aromatic nitrogens is 2. The minimum absolute atomic E-state index is 0.0838. The molecule has 0 radical (unpaired) electrons. The largest absolute Gasteiger partial charge is 0.478 e. The fourth-order valence-electron chi connectivity index (χ4n) is 2.23. The van der Waals surface area contributed by atoms with E-state index in [0.29, 0.717) is 31.4 Å². The third-order valence-electron chi connectivity index (χ3n) is 3.49.